The van der Waals surface area contributed by atoms with E-state index in [1.165, 1.54) is 4.90 Å². The van der Waals surface area contributed by atoms with Crippen molar-refractivity contribution in [3.05, 3.63) is 0 Å². The van der Waals surface area contributed by atoms with E-state index in [1.54, 1.807) is 13.8 Å². The minimum Gasteiger partial charge on any atom is -0.481 e. The van der Waals surface area contributed by atoms with Crippen LogP contribution in [-0.4, -0.2) is 47.2 Å². The molecule has 7 heteroatoms. The molecule has 3 atom stereocenters. The zero-order chi connectivity index (χ0) is 13.9. The predicted octanol–water partition coefficient (Wildman–Crippen LogP) is 0.0394. The number of hydrogen-bond donors (Lipinski definition) is 2. The first-order valence-electron chi connectivity index (χ1n) is 5.79. The maximum absolute atomic E-state index is 11.8. The highest BCUT2D eigenvalue weighted by Gasteiger charge is 2.41. The first-order chi connectivity index (χ1) is 8.34. The third kappa shape index (κ3) is 3.12. The third-order valence-corrected chi connectivity index (χ3v) is 3.30. The fourth-order valence-corrected chi connectivity index (χ4v) is 2.44. The molecule has 0 aromatic carbocycles. The normalized spacial score (nSPS) is 28.0. The fourth-order valence-electron chi connectivity index (χ4n) is 2.44. The van der Waals surface area contributed by atoms with E-state index < -0.39 is 24.0 Å². The minimum absolute atomic E-state index is 0.0217. The number of nitrogens with two attached hydrogens (primary N) is 1. The molecular weight excluding hydrogens is 240 g/mol. The molecule has 0 saturated carbocycles. The van der Waals surface area contributed by atoms with Gasteiger partial charge in [-0.1, -0.05) is 6.92 Å². The lowest BCUT2D eigenvalue weighted by atomic mass is 9.81. The highest BCUT2D eigenvalue weighted by molar-refractivity contribution is 5.81. The summed E-state index contributed by atoms with van der Waals surface area (Å²) >= 11 is 0. The van der Waals surface area contributed by atoms with Gasteiger partial charge in [0.05, 0.1) is 12.5 Å². The van der Waals surface area contributed by atoms with E-state index in [0.29, 0.717) is 0 Å². The van der Waals surface area contributed by atoms with Crippen molar-refractivity contribution in [2.45, 2.75) is 26.3 Å². The molecule has 1 fully saturated rings. The summed E-state index contributed by atoms with van der Waals surface area (Å²) in [6, 6.07) is -0.421. The van der Waals surface area contributed by atoms with Crippen LogP contribution >= 0.6 is 0 Å². The third-order valence-electron chi connectivity index (χ3n) is 3.30. The molecule has 0 aromatic rings. The zero-order valence-electron chi connectivity index (χ0n) is 10.5. The van der Waals surface area contributed by atoms with Gasteiger partial charge in [-0.05, 0) is 12.8 Å². The second-order valence-corrected chi connectivity index (χ2v) is 4.54. The molecule has 0 aliphatic carbocycles. The quantitative estimate of drug-likeness (QED) is 0.739. The van der Waals surface area contributed by atoms with E-state index in [2.05, 4.69) is 4.74 Å². The van der Waals surface area contributed by atoms with Crippen LogP contribution in [0, 0.1) is 11.8 Å². The van der Waals surface area contributed by atoms with E-state index in [9.17, 15) is 14.4 Å². The largest absolute Gasteiger partial charge is 0.481 e. The highest BCUT2D eigenvalue weighted by atomic mass is 16.5. The Morgan fingerprint density at radius 2 is 2.11 bits per heavy atom. The average molecular weight is 258 g/mol. The molecule has 2 amide bonds. The Morgan fingerprint density at radius 3 is 2.61 bits per heavy atom. The molecule has 102 valence electrons. The summed E-state index contributed by atoms with van der Waals surface area (Å²) in [5.41, 5.74) is 4.82. The van der Waals surface area contributed by atoms with Crippen molar-refractivity contribution in [2.75, 3.05) is 13.2 Å². The Labute approximate surface area is 105 Å². The van der Waals surface area contributed by atoms with Gasteiger partial charge in [0.25, 0.3) is 0 Å². The van der Waals surface area contributed by atoms with Crippen molar-refractivity contribution in [2.24, 2.45) is 17.6 Å². The predicted molar refractivity (Wildman–Crippen MR) is 61.6 cm³/mol. The van der Waals surface area contributed by atoms with Crippen LogP contribution in [0.3, 0.4) is 0 Å². The van der Waals surface area contributed by atoms with Gasteiger partial charge in [-0.25, -0.2) is 4.79 Å². The number of primary amides is 1. The molecule has 3 unspecified atom stereocenters. The lowest BCUT2D eigenvalue weighted by Crippen LogP contribution is -2.53. The SMILES string of the molecule is CC1CC(=O)N(CCOC(N)=O)C(C)C1C(=O)O. The summed E-state index contributed by atoms with van der Waals surface area (Å²) in [6.45, 7) is 3.59. The highest BCUT2D eigenvalue weighted by Crippen LogP contribution is 2.29. The Balaban J connectivity index is 2.68. The molecule has 1 saturated heterocycles. The molecule has 1 aliphatic rings. The van der Waals surface area contributed by atoms with Crippen LogP contribution in [0.5, 0.6) is 0 Å². The van der Waals surface area contributed by atoms with Crippen LogP contribution in [0.25, 0.3) is 0 Å². The van der Waals surface area contributed by atoms with Crippen molar-refractivity contribution in [3.63, 3.8) is 0 Å². The summed E-state index contributed by atoms with van der Waals surface area (Å²) in [5, 5.41) is 9.15. The number of aliphatic carboxylic acids is 1. The van der Waals surface area contributed by atoms with Gasteiger partial charge in [0.15, 0.2) is 0 Å². The summed E-state index contributed by atoms with van der Waals surface area (Å²) < 4.78 is 4.56. The van der Waals surface area contributed by atoms with Crippen LogP contribution in [0.2, 0.25) is 0 Å². The standard InChI is InChI=1S/C11H18N2O5/c1-6-5-8(14)13(3-4-18-11(12)17)7(2)9(6)10(15)16/h6-7,9H,3-5H2,1-2H3,(H2,12,17)(H,15,16). The first kappa shape index (κ1) is 14.3. The molecule has 1 rings (SSSR count). The van der Waals surface area contributed by atoms with Gasteiger partial charge in [-0.2, -0.15) is 0 Å². The van der Waals surface area contributed by atoms with Gasteiger partial charge in [-0.15, -0.1) is 0 Å². The van der Waals surface area contributed by atoms with Crippen LogP contribution < -0.4 is 5.73 Å². The molecular formula is C11H18N2O5. The monoisotopic (exact) mass is 258 g/mol. The number of ether oxygens (including phenoxy) is 1. The number of rotatable bonds is 4. The Morgan fingerprint density at radius 1 is 1.50 bits per heavy atom. The summed E-state index contributed by atoms with van der Waals surface area (Å²) in [6.07, 6.45) is -0.715. The van der Waals surface area contributed by atoms with Gasteiger partial charge in [-0.3, -0.25) is 9.59 Å². The second-order valence-electron chi connectivity index (χ2n) is 4.54. The zero-order valence-corrected chi connectivity index (χ0v) is 10.5. The molecule has 18 heavy (non-hydrogen) atoms. The molecule has 0 spiro atoms. The molecule has 7 nitrogen and oxygen atoms in total. The minimum atomic E-state index is -0.914. The van der Waals surface area contributed by atoms with Crippen molar-refractivity contribution in [1.82, 2.24) is 4.90 Å². The molecule has 3 N–H and O–H groups in total. The van der Waals surface area contributed by atoms with E-state index in [1.807, 2.05) is 0 Å². The Bertz CT molecular complexity index is 357. The van der Waals surface area contributed by atoms with Gasteiger partial charge in [0, 0.05) is 12.5 Å². The van der Waals surface area contributed by atoms with E-state index in [0.717, 1.165) is 0 Å². The molecule has 0 radical (unpaired) electrons. The number of nitrogens with zero attached hydrogens (tertiary/aromatic N) is 1. The Kier molecular flexibility index (Phi) is 4.52. The first-order valence-corrected chi connectivity index (χ1v) is 5.79. The van der Waals surface area contributed by atoms with Crippen molar-refractivity contribution >= 4 is 18.0 Å². The maximum atomic E-state index is 11.8. The van der Waals surface area contributed by atoms with E-state index in [4.69, 9.17) is 10.8 Å². The molecule has 0 aromatic heterocycles. The van der Waals surface area contributed by atoms with E-state index in [-0.39, 0.29) is 31.4 Å². The number of carboxylic acid groups (broad SMARTS) is 1. The van der Waals surface area contributed by atoms with Crippen molar-refractivity contribution in [1.29, 1.82) is 0 Å². The van der Waals surface area contributed by atoms with Crippen LogP contribution in [0.4, 0.5) is 4.79 Å². The molecule has 1 heterocycles. The summed E-state index contributed by atoms with van der Waals surface area (Å²) in [4.78, 5) is 34.8. The number of carboxylic acids is 1. The second kappa shape index (κ2) is 5.70. The summed E-state index contributed by atoms with van der Waals surface area (Å²) in [7, 11) is 0. The van der Waals surface area contributed by atoms with Gasteiger partial charge in [0.2, 0.25) is 5.91 Å². The number of carbonyl (C=O) groups excluding carboxylic acids is 2. The van der Waals surface area contributed by atoms with E-state index >= 15 is 0 Å². The average Bonchev–Trinajstić information content (AvgIpc) is 2.21. The topological polar surface area (TPSA) is 110 Å². The summed E-state index contributed by atoms with van der Waals surface area (Å²) in [5.74, 6) is -1.83. The van der Waals surface area contributed by atoms with Crippen molar-refractivity contribution in [3.8, 4) is 0 Å². The number of likely N-dealkylation sites (tertiary alicyclic amines) is 1. The Hall–Kier alpha value is -1.79. The fraction of sp³-hybridized carbons (Fsp3) is 0.727. The number of piperidine rings is 1. The van der Waals surface area contributed by atoms with Crippen LogP contribution in [-0.2, 0) is 14.3 Å². The van der Waals surface area contributed by atoms with Crippen LogP contribution in [0.1, 0.15) is 20.3 Å². The lowest BCUT2D eigenvalue weighted by Gasteiger charge is -2.40. The molecule has 1 aliphatic heterocycles. The van der Waals surface area contributed by atoms with Crippen molar-refractivity contribution < 1.29 is 24.2 Å². The van der Waals surface area contributed by atoms with Gasteiger partial charge in [0.1, 0.15) is 6.61 Å². The maximum Gasteiger partial charge on any atom is 0.404 e. The van der Waals surface area contributed by atoms with Gasteiger partial charge < -0.3 is 20.5 Å². The van der Waals surface area contributed by atoms with Crippen LogP contribution in [0.15, 0.2) is 0 Å². The molecule has 0 bridgehead atoms. The lowest BCUT2D eigenvalue weighted by molar-refractivity contribution is -0.155. The number of amides is 2. The van der Waals surface area contributed by atoms with Gasteiger partial charge >= 0.3 is 12.1 Å². The smallest absolute Gasteiger partial charge is 0.404 e. The number of hydrogen-bond acceptors (Lipinski definition) is 4. The number of carbonyl (C=O) groups is 3.